The van der Waals surface area contributed by atoms with Crippen LogP contribution in [0.2, 0.25) is 10.0 Å². The molecule has 0 atom stereocenters. The van der Waals surface area contributed by atoms with Crippen LogP contribution < -0.4 is 10.5 Å². The molecule has 0 unspecified atom stereocenters. The SMILES string of the molecule is Nc1cc(Br)cc(Br)c1S(=O)(=O)Nc1cc(Cl)ccc1Cl. The molecular weight excluding hydrogens is 467 g/mol. The van der Waals surface area contributed by atoms with E-state index < -0.39 is 10.0 Å². The van der Waals surface area contributed by atoms with Crippen molar-refractivity contribution in [2.24, 2.45) is 0 Å². The zero-order valence-electron chi connectivity index (χ0n) is 10.2. The van der Waals surface area contributed by atoms with Gasteiger partial charge in [-0.25, -0.2) is 8.42 Å². The first-order valence-corrected chi connectivity index (χ1v) is 9.25. The third kappa shape index (κ3) is 3.84. The van der Waals surface area contributed by atoms with Gasteiger partial charge in [0, 0.05) is 14.0 Å². The Morgan fingerprint density at radius 1 is 1.10 bits per heavy atom. The number of rotatable bonds is 3. The summed E-state index contributed by atoms with van der Waals surface area (Å²) in [4.78, 5) is -0.0678. The summed E-state index contributed by atoms with van der Waals surface area (Å²) >= 11 is 18.2. The maximum atomic E-state index is 12.5. The van der Waals surface area contributed by atoms with Gasteiger partial charge in [-0.3, -0.25) is 4.72 Å². The zero-order valence-corrected chi connectivity index (χ0v) is 15.7. The van der Waals surface area contributed by atoms with Crippen molar-refractivity contribution in [1.29, 1.82) is 0 Å². The van der Waals surface area contributed by atoms with Gasteiger partial charge >= 0.3 is 0 Å². The highest BCUT2D eigenvalue weighted by molar-refractivity contribution is 9.11. The van der Waals surface area contributed by atoms with E-state index in [2.05, 4.69) is 36.6 Å². The fourth-order valence-electron chi connectivity index (χ4n) is 1.64. The van der Waals surface area contributed by atoms with Crippen LogP contribution in [-0.2, 0) is 10.0 Å². The van der Waals surface area contributed by atoms with Gasteiger partial charge in [-0.15, -0.1) is 0 Å². The predicted octanol–water partition coefficient (Wildman–Crippen LogP) is 4.90. The molecular formula is C12H8Br2Cl2N2O2S. The highest BCUT2D eigenvalue weighted by Gasteiger charge is 2.22. The molecule has 0 aliphatic rings. The highest BCUT2D eigenvalue weighted by Crippen LogP contribution is 2.34. The Kier molecular flexibility index (Phi) is 5.10. The van der Waals surface area contributed by atoms with E-state index in [1.807, 2.05) is 0 Å². The molecule has 0 bridgehead atoms. The fourth-order valence-corrected chi connectivity index (χ4v) is 5.17. The van der Waals surface area contributed by atoms with Crippen LogP contribution in [0.3, 0.4) is 0 Å². The van der Waals surface area contributed by atoms with E-state index >= 15 is 0 Å². The van der Waals surface area contributed by atoms with Crippen molar-refractivity contribution in [2.45, 2.75) is 4.90 Å². The summed E-state index contributed by atoms with van der Waals surface area (Å²) in [5.41, 5.74) is 6.07. The van der Waals surface area contributed by atoms with Gasteiger partial charge in [0.15, 0.2) is 0 Å². The number of benzene rings is 2. The monoisotopic (exact) mass is 472 g/mol. The van der Waals surface area contributed by atoms with Gasteiger partial charge in [-0.05, 0) is 46.3 Å². The van der Waals surface area contributed by atoms with Crippen molar-refractivity contribution < 1.29 is 8.42 Å². The molecule has 0 spiro atoms. The highest BCUT2D eigenvalue weighted by atomic mass is 79.9. The van der Waals surface area contributed by atoms with Crippen molar-refractivity contribution >= 4 is 76.5 Å². The van der Waals surface area contributed by atoms with Gasteiger partial charge in [0.1, 0.15) is 4.90 Å². The molecule has 21 heavy (non-hydrogen) atoms. The summed E-state index contributed by atoms with van der Waals surface area (Å²) in [6, 6.07) is 7.57. The molecule has 0 saturated heterocycles. The van der Waals surface area contributed by atoms with E-state index in [0.29, 0.717) is 14.0 Å². The standard InChI is InChI=1S/C12H8Br2Cl2N2O2S/c13-6-3-8(14)12(10(17)4-6)21(19,20)18-11-5-7(15)1-2-9(11)16/h1-5,18H,17H2. The van der Waals surface area contributed by atoms with Crippen LogP contribution >= 0.6 is 55.1 Å². The first-order chi connectivity index (χ1) is 9.70. The second-order valence-corrected chi connectivity index (χ2v) is 8.27. The minimum Gasteiger partial charge on any atom is -0.398 e. The van der Waals surface area contributed by atoms with E-state index in [1.54, 1.807) is 12.1 Å². The lowest BCUT2D eigenvalue weighted by atomic mass is 10.3. The second-order valence-electron chi connectivity index (χ2n) is 4.04. The summed E-state index contributed by atoms with van der Waals surface area (Å²) in [5.74, 6) is 0. The summed E-state index contributed by atoms with van der Waals surface area (Å²) in [6.45, 7) is 0. The number of hydrogen-bond donors (Lipinski definition) is 2. The molecule has 112 valence electrons. The lowest BCUT2D eigenvalue weighted by Gasteiger charge is -2.13. The Balaban J connectivity index is 2.51. The molecule has 0 aliphatic heterocycles. The summed E-state index contributed by atoms with van der Waals surface area (Å²) in [5, 5.41) is 0.592. The molecule has 0 fully saturated rings. The van der Waals surface area contributed by atoms with E-state index in [-0.39, 0.29) is 21.3 Å². The van der Waals surface area contributed by atoms with Gasteiger partial charge in [-0.2, -0.15) is 0 Å². The Morgan fingerprint density at radius 2 is 1.76 bits per heavy atom. The minimum atomic E-state index is -3.92. The molecule has 0 aromatic heterocycles. The average molecular weight is 475 g/mol. The van der Waals surface area contributed by atoms with Gasteiger partial charge in [0.2, 0.25) is 0 Å². The predicted molar refractivity (Wildman–Crippen MR) is 93.5 cm³/mol. The maximum absolute atomic E-state index is 12.5. The number of nitrogens with two attached hydrogens (primary N) is 1. The Morgan fingerprint density at radius 3 is 2.38 bits per heavy atom. The zero-order chi connectivity index (χ0) is 15.8. The second kappa shape index (κ2) is 6.34. The van der Waals surface area contributed by atoms with Gasteiger partial charge in [0.25, 0.3) is 10.0 Å². The molecule has 2 aromatic carbocycles. The first kappa shape index (κ1) is 16.9. The van der Waals surface area contributed by atoms with Gasteiger partial charge < -0.3 is 5.73 Å². The third-order valence-corrected chi connectivity index (χ3v) is 5.87. The molecule has 0 aliphatic carbocycles. The molecule has 3 N–H and O–H groups in total. The Hall–Kier alpha value is -0.470. The van der Waals surface area contributed by atoms with E-state index in [1.165, 1.54) is 18.2 Å². The lowest BCUT2D eigenvalue weighted by molar-refractivity contribution is 0.601. The topological polar surface area (TPSA) is 72.2 Å². The normalized spacial score (nSPS) is 11.4. The first-order valence-electron chi connectivity index (χ1n) is 5.43. The van der Waals surface area contributed by atoms with Crippen molar-refractivity contribution in [3.63, 3.8) is 0 Å². The van der Waals surface area contributed by atoms with E-state index in [0.717, 1.165) is 0 Å². The van der Waals surface area contributed by atoms with Crippen molar-refractivity contribution in [3.8, 4) is 0 Å². The molecule has 9 heteroatoms. The van der Waals surface area contributed by atoms with Crippen molar-refractivity contribution in [1.82, 2.24) is 0 Å². The quantitative estimate of drug-likeness (QED) is 0.621. The van der Waals surface area contributed by atoms with Crippen molar-refractivity contribution in [2.75, 3.05) is 10.5 Å². The summed E-state index contributed by atoms with van der Waals surface area (Å²) in [6.07, 6.45) is 0. The van der Waals surface area contributed by atoms with Crippen LogP contribution in [0, 0.1) is 0 Å². The van der Waals surface area contributed by atoms with Crippen molar-refractivity contribution in [3.05, 3.63) is 49.3 Å². The van der Waals surface area contributed by atoms with Gasteiger partial charge in [-0.1, -0.05) is 39.1 Å². The fraction of sp³-hybridized carbons (Fsp3) is 0. The third-order valence-electron chi connectivity index (χ3n) is 2.48. The number of anilines is 2. The summed E-state index contributed by atoms with van der Waals surface area (Å²) in [7, 11) is -3.92. The lowest BCUT2D eigenvalue weighted by Crippen LogP contribution is -2.16. The van der Waals surface area contributed by atoms with Crippen LogP contribution in [0.1, 0.15) is 0 Å². The number of sulfonamides is 1. The Labute approximate surface area is 148 Å². The van der Waals surface area contributed by atoms with Crippen LogP contribution in [0.4, 0.5) is 11.4 Å². The number of nitrogen functional groups attached to an aromatic ring is 1. The van der Waals surface area contributed by atoms with Gasteiger partial charge in [0.05, 0.1) is 16.4 Å². The smallest absolute Gasteiger partial charge is 0.265 e. The van der Waals surface area contributed by atoms with E-state index in [4.69, 9.17) is 28.9 Å². The molecule has 0 heterocycles. The minimum absolute atomic E-state index is 0.0678. The van der Waals surface area contributed by atoms with Crippen LogP contribution in [0.25, 0.3) is 0 Å². The average Bonchev–Trinajstić information content (AvgIpc) is 2.31. The molecule has 0 amide bonds. The molecule has 2 rings (SSSR count). The largest absolute Gasteiger partial charge is 0.398 e. The van der Waals surface area contributed by atoms with Crippen LogP contribution in [-0.4, -0.2) is 8.42 Å². The molecule has 0 saturated carbocycles. The van der Waals surface area contributed by atoms with Crippen LogP contribution in [0.15, 0.2) is 44.2 Å². The maximum Gasteiger partial charge on any atom is 0.265 e. The number of hydrogen-bond acceptors (Lipinski definition) is 3. The number of nitrogens with one attached hydrogen (secondary N) is 1. The Bertz CT molecular complexity index is 790. The molecule has 4 nitrogen and oxygen atoms in total. The summed E-state index contributed by atoms with van der Waals surface area (Å²) < 4.78 is 28.3. The number of halogens is 4. The molecule has 2 aromatic rings. The van der Waals surface area contributed by atoms with E-state index in [9.17, 15) is 8.42 Å². The van der Waals surface area contributed by atoms with Crippen LogP contribution in [0.5, 0.6) is 0 Å². The molecule has 0 radical (unpaired) electrons.